The minimum absolute atomic E-state index is 0.0377. The molecule has 0 spiro atoms. The third kappa shape index (κ3) is 6.66. The van der Waals surface area contributed by atoms with Gasteiger partial charge in [-0.15, -0.1) is 0 Å². The van der Waals surface area contributed by atoms with Gasteiger partial charge in [-0.2, -0.15) is 18.4 Å². The molecule has 2 N–H and O–H groups in total. The number of nitriles is 1. The minimum atomic E-state index is -4.73. The van der Waals surface area contributed by atoms with E-state index in [1.54, 1.807) is 50.2 Å². The molecule has 3 aromatic carbocycles. The summed E-state index contributed by atoms with van der Waals surface area (Å²) in [4.78, 5) is 14.3. The van der Waals surface area contributed by atoms with Gasteiger partial charge in [-0.1, -0.05) is 50.2 Å². The highest BCUT2D eigenvalue weighted by Crippen LogP contribution is 2.38. The third-order valence-corrected chi connectivity index (χ3v) is 6.01. The molecule has 38 heavy (non-hydrogen) atoms. The van der Waals surface area contributed by atoms with E-state index < -0.39 is 40.5 Å². The summed E-state index contributed by atoms with van der Waals surface area (Å²) in [6.45, 7) is 4.08. The van der Waals surface area contributed by atoms with E-state index in [0.29, 0.717) is 11.1 Å². The van der Waals surface area contributed by atoms with Crippen LogP contribution in [0.2, 0.25) is 0 Å². The number of halogens is 5. The number of rotatable bonds is 5. The first kappa shape index (κ1) is 28.6. The summed E-state index contributed by atoms with van der Waals surface area (Å²) in [6.07, 6.45) is -5.76. The maximum Gasteiger partial charge on any atom is 0.417 e. The lowest BCUT2D eigenvalue weighted by molar-refractivity contribution is -0.138. The Labute approximate surface area is 217 Å². The Bertz CT molecular complexity index is 1330. The second-order valence-electron chi connectivity index (χ2n) is 9.38. The topological polar surface area (TPSA) is 79.3 Å². The van der Waals surface area contributed by atoms with Crippen molar-refractivity contribution in [1.82, 2.24) is 4.90 Å². The summed E-state index contributed by atoms with van der Waals surface area (Å²) in [5.74, 6) is -1.25. The molecular formula is C28H26F5N3O2. The van der Waals surface area contributed by atoms with Crippen molar-refractivity contribution in [1.29, 1.82) is 5.26 Å². The molecule has 1 fully saturated rings. The van der Waals surface area contributed by atoms with Gasteiger partial charge in [0, 0.05) is 36.2 Å². The summed E-state index contributed by atoms with van der Waals surface area (Å²) in [6, 6.07) is 17.0. The average molecular weight is 532 g/mol. The van der Waals surface area contributed by atoms with Crippen molar-refractivity contribution in [2.24, 2.45) is 11.1 Å². The number of nitrogens with two attached hydrogens (primary N) is 1. The fraction of sp³-hybridized carbons (Fsp3) is 0.286. The quantitative estimate of drug-likeness (QED) is 0.421. The first-order chi connectivity index (χ1) is 17.9. The zero-order chi connectivity index (χ0) is 28.1. The standard InChI is InChI=1S/C21H18F4N2O2.C7H8FN/c1-20(2)12-27(11-14-5-3-4-6-17(14)22)19(28)18(20)29-15-8-7-13(10-26)16(9-15)21(23,24)25;8-7-4-2-1-3-6(7)5-9/h3-9,18H,11-12H2,1-2H3;1-4H,5,9H2. The van der Waals surface area contributed by atoms with Crippen molar-refractivity contribution >= 4 is 5.91 Å². The van der Waals surface area contributed by atoms with Crippen LogP contribution in [0.5, 0.6) is 5.75 Å². The van der Waals surface area contributed by atoms with E-state index >= 15 is 0 Å². The lowest BCUT2D eigenvalue weighted by Crippen LogP contribution is -2.36. The van der Waals surface area contributed by atoms with Crippen LogP contribution in [0.1, 0.15) is 36.1 Å². The van der Waals surface area contributed by atoms with Crippen LogP contribution in [0.3, 0.4) is 0 Å². The summed E-state index contributed by atoms with van der Waals surface area (Å²) in [5.41, 5.74) is 3.76. The Kier molecular flexibility index (Phi) is 8.74. The van der Waals surface area contributed by atoms with E-state index in [-0.39, 0.29) is 31.2 Å². The van der Waals surface area contributed by atoms with Crippen molar-refractivity contribution in [3.63, 3.8) is 0 Å². The highest BCUT2D eigenvalue weighted by molar-refractivity contribution is 5.84. The van der Waals surface area contributed by atoms with Gasteiger partial charge in [0.2, 0.25) is 0 Å². The van der Waals surface area contributed by atoms with Crippen molar-refractivity contribution in [2.45, 2.75) is 39.2 Å². The van der Waals surface area contributed by atoms with Crippen LogP contribution in [0, 0.1) is 28.4 Å². The number of carbonyl (C=O) groups excluding carboxylic acids is 1. The first-order valence-corrected chi connectivity index (χ1v) is 11.6. The summed E-state index contributed by atoms with van der Waals surface area (Å²) >= 11 is 0. The van der Waals surface area contributed by atoms with Crippen LogP contribution >= 0.6 is 0 Å². The maximum atomic E-state index is 13.9. The Morgan fingerprint density at radius 2 is 1.61 bits per heavy atom. The minimum Gasteiger partial charge on any atom is -0.480 e. The number of nitrogens with zero attached hydrogens (tertiary/aromatic N) is 2. The van der Waals surface area contributed by atoms with Crippen LogP contribution in [0.25, 0.3) is 0 Å². The Morgan fingerprint density at radius 1 is 1.03 bits per heavy atom. The molecule has 5 nitrogen and oxygen atoms in total. The first-order valence-electron chi connectivity index (χ1n) is 11.6. The molecule has 1 saturated heterocycles. The van der Waals surface area contributed by atoms with E-state index in [0.717, 1.165) is 12.1 Å². The number of likely N-dealkylation sites (tertiary alicyclic amines) is 1. The van der Waals surface area contributed by atoms with Crippen LogP contribution in [0.4, 0.5) is 22.0 Å². The molecule has 1 heterocycles. The Morgan fingerprint density at radius 3 is 2.11 bits per heavy atom. The normalized spacial score (nSPS) is 16.4. The largest absolute Gasteiger partial charge is 0.480 e. The fourth-order valence-corrected chi connectivity index (χ4v) is 4.06. The van der Waals surface area contributed by atoms with Crippen LogP contribution in [-0.2, 0) is 24.1 Å². The zero-order valence-electron chi connectivity index (χ0n) is 20.7. The summed E-state index contributed by atoms with van der Waals surface area (Å²) in [5, 5.41) is 8.90. The molecule has 1 aliphatic heterocycles. The van der Waals surface area contributed by atoms with Crippen molar-refractivity contribution in [3.8, 4) is 11.8 Å². The number of carbonyl (C=O) groups is 1. The molecule has 0 bridgehead atoms. The highest BCUT2D eigenvalue weighted by atomic mass is 19.4. The molecule has 200 valence electrons. The van der Waals surface area contributed by atoms with Gasteiger partial charge >= 0.3 is 6.18 Å². The molecule has 0 saturated carbocycles. The SMILES string of the molecule is CC1(C)CN(Cc2ccccc2F)C(=O)C1Oc1ccc(C#N)c(C(F)(F)F)c1.NCc1ccccc1F. The summed E-state index contributed by atoms with van der Waals surface area (Å²) in [7, 11) is 0. The molecule has 4 rings (SSSR count). The van der Waals surface area contributed by atoms with Crippen LogP contribution < -0.4 is 10.5 Å². The fourth-order valence-electron chi connectivity index (χ4n) is 4.06. The Balaban J connectivity index is 0.000000375. The lowest BCUT2D eigenvalue weighted by atomic mass is 9.89. The molecule has 0 radical (unpaired) electrons. The number of benzene rings is 3. The molecular weight excluding hydrogens is 505 g/mol. The van der Waals surface area contributed by atoms with Gasteiger partial charge < -0.3 is 15.4 Å². The van der Waals surface area contributed by atoms with E-state index in [4.69, 9.17) is 15.7 Å². The second kappa shape index (κ2) is 11.6. The van der Waals surface area contributed by atoms with E-state index in [2.05, 4.69) is 0 Å². The highest BCUT2D eigenvalue weighted by Gasteiger charge is 2.48. The van der Waals surface area contributed by atoms with Crippen LogP contribution in [-0.4, -0.2) is 23.5 Å². The van der Waals surface area contributed by atoms with Crippen molar-refractivity contribution in [3.05, 3.63) is 101 Å². The number of ether oxygens (including phenoxy) is 1. The van der Waals surface area contributed by atoms with Gasteiger partial charge in [-0.05, 0) is 30.3 Å². The van der Waals surface area contributed by atoms with Crippen molar-refractivity contribution < 1.29 is 31.5 Å². The van der Waals surface area contributed by atoms with Gasteiger partial charge in [-0.25, -0.2) is 8.78 Å². The Hall–Kier alpha value is -3.97. The van der Waals surface area contributed by atoms with Gasteiger partial charge in [0.1, 0.15) is 17.4 Å². The van der Waals surface area contributed by atoms with Crippen molar-refractivity contribution in [2.75, 3.05) is 6.54 Å². The number of alkyl halides is 3. The van der Waals surface area contributed by atoms with Crippen LogP contribution in [0.15, 0.2) is 66.7 Å². The predicted octanol–water partition coefficient (Wildman–Crippen LogP) is 5.82. The molecule has 3 aromatic rings. The predicted molar refractivity (Wildman–Crippen MR) is 130 cm³/mol. The van der Waals surface area contributed by atoms with E-state index in [1.165, 1.54) is 29.2 Å². The average Bonchev–Trinajstić information content (AvgIpc) is 3.08. The smallest absolute Gasteiger partial charge is 0.417 e. The molecule has 1 unspecified atom stereocenters. The third-order valence-electron chi connectivity index (χ3n) is 6.01. The lowest BCUT2D eigenvalue weighted by Gasteiger charge is -2.24. The number of hydrogen-bond acceptors (Lipinski definition) is 4. The number of amides is 1. The van der Waals surface area contributed by atoms with E-state index in [9.17, 15) is 26.7 Å². The maximum absolute atomic E-state index is 13.9. The van der Waals surface area contributed by atoms with Gasteiger partial charge in [0.15, 0.2) is 6.10 Å². The van der Waals surface area contributed by atoms with Gasteiger partial charge in [0.05, 0.1) is 17.2 Å². The summed E-state index contributed by atoms with van der Waals surface area (Å²) < 4.78 is 71.6. The van der Waals surface area contributed by atoms with Gasteiger partial charge in [0.25, 0.3) is 5.91 Å². The van der Waals surface area contributed by atoms with E-state index in [1.807, 2.05) is 0 Å². The van der Waals surface area contributed by atoms with Gasteiger partial charge in [-0.3, -0.25) is 4.79 Å². The molecule has 0 aliphatic carbocycles. The molecule has 1 aliphatic rings. The monoisotopic (exact) mass is 531 g/mol. The molecule has 0 aromatic heterocycles. The molecule has 1 amide bonds. The second-order valence-corrected chi connectivity index (χ2v) is 9.38. The molecule has 1 atom stereocenters. The molecule has 10 heteroatoms. The zero-order valence-corrected chi connectivity index (χ0v) is 20.7. The number of hydrogen-bond donors (Lipinski definition) is 1.